The first-order chi connectivity index (χ1) is 7.73. The lowest BCUT2D eigenvalue weighted by molar-refractivity contribution is -0.123. The van der Waals surface area contributed by atoms with Crippen molar-refractivity contribution in [3.05, 3.63) is 23.8 Å². The molecule has 0 bridgehead atoms. The molecule has 0 saturated carbocycles. The van der Waals surface area contributed by atoms with Crippen LogP contribution in [0.5, 0.6) is 0 Å². The number of carboxylic acid groups (broad SMARTS) is 1. The second-order valence-corrected chi connectivity index (χ2v) is 4.78. The van der Waals surface area contributed by atoms with Crippen LogP contribution in [0.2, 0.25) is 0 Å². The van der Waals surface area contributed by atoms with E-state index in [-0.39, 0.29) is 17.2 Å². The summed E-state index contributed by atoms with van der Waals surface area (Å²) in [7, 11) is 0. The van der Waals surface area contributed by atoms with Gasteiger partial charge in [0, 0.05) is 5.41 Å². The quantitative estimate of drug-likeness (QED) is 0.684. The van der Waals surface area contributed by atoms with Crippen molar-refractivity contribution in [1.29, 1.82) is 0 Å². The van der Waals surface area contributed by atoms with Crippen LogP contribution < -0.4 is 11.1 Å². The molecule has 17 heavy (non-hydrogen) atoms. The number of carbonyl (C=O) groups excluding carboxylic acids is 1. The maximum Gasteiger partial charge on any atom is 0.337 e. The predicted molar refractivity (Wildman–Crippen MR) is 65.9 cm³/mol. The minimum absolute atomic E-state index is 0.0169. The zero-order valence-corrected chi connectivity index (χ0v) is 10.1. The normalized spacial score (nSPS) is 11.0. The molecule has 0 aliphatic heterocycles. The van der Waals surface area contributed by atoms with E-state index in [1.807, 2.05) is 0 Å². The Hall–Kier alpha value is -2.04. The number of carboxylic acids is 1. The fourth-order valence-corrected chi connectivity index (χ4v) is 1.17. The minimum atomic E-state index is -1.12. The second-order valence-electron chi connectivity index (χ2n) is 4.78. The number of nitrogen functional groups attached to an aromatic ring is 1. The molecule has 1 rings (SSSR count). The predicted octanol–water partition coefficient (Wildman–Crippen LogP) is 1.95. The maximum atomic E-state index is 11.8. The van der Waals surface area contributed by atoms with E-state index in [0.29, 0.717) is 5.69 Å². The fraction of sp³-hybridized carbons (Fsp3) is 0.333. The van der Waals surface area contributed by atoms with Gasteiger partial charge >= 0.3 is 5.97 Å². The van der Waals surface area contributed by atoms with Gasteiger partial charge in [-0.25, -0.2) is 4.79 Å². The van der Waals surface area contributed by atoms with Gasteiger partial charge in [0.1, 0.15) is 0 Å². The Labute approximate surface area is 99.6 Å². The third-order valence-electron chi connectivity index (χ3n) is 2.27. The summed E-state index contributed by atoms with van der Waals surface area (Å²) in [5.74, 6) is -1.33. The highest BCUT2D eigenvalue weighted by Crippen LogP contribution is 2.25. The highest BCUT2D eigenvalue weighted by molar-refractivity contribution is 6.02. The lowest BCUT2D eigenvalue weighted by Crippen LogP contribution is -2.28. The Kier molecular flexibility index (Phi) is 3.41. The summed E-state index contributed by atoms with van der Waals surface area (Å²) in [6.07, 6.45) is 0. The van der Waals surface area contributed by atoms with Crippen molar-refractivity contribution in [2.24, 2.45) is 5.41 Å². The van der Waals surface area contributed by atoms with Crippen LogP contribution in [0.3, 0.4) is 0 Å². The molecule has 0 fully saturated rings. The number of carbonyl (C=O) groups is 2. The zero-order valence-electron chi connectivity index (χ0n) is 10.1. The molecule has 0 heterocycles. The smallest absolute Gasteiger partial charge is 0.337 e. The van der Waals surface area contributed by atoms with Crippen LogP contribution in [0, 0.1) is 5.41 Å². The molecule has 0 aromatic heterocycles. The molecule has 1 amide bonds. The topological polar surface area (TPSA) is 92.4 Å². The summed E-state index contributed by atoms with van der Waals surface area (Å²) in [5, 5.41) is 11.5. The van der Waals surface area contributed by atoms with Crippen molar-refractivity contribution in [1.82, 2.24) is 0 Å². The van der Waals surface area contributed by atoms with Crippen molar-refractivity contribution in [2.45, 2.75) is 20.8 Å². The van der Waals surface area contributed by atoms with E-state index < -0.39 is 11.4 Å². The van der Waals surface area contributed by atoms with E-state index in [1.54, 1.807) is 26.8 Å². The highest BCUT2D eigenvalue weighted by Gasteiger charge is 2.22. The molecule has 0 unspecified atom stereocenters. The lowest BCUT2D eigenvalue weighted by atomic mass is 9.95. The standard InChI is InChI=1S/C12H16N2O3/c1-12(2,3)11(17)14-8-6-4-5-7(9(8)13)10(15)16/h4-6H,13H2,1-3H3,(H,14,17)(H,15,16). The van der Waals surface area contributed by atoms with Gasteiger partial charge in [0.25, 0.3) is 0 Å². The molecule has 5 nitrogen and oxygen atoms in total. The van der Waals surface area contributed by atoms with Gasteiger partial charge in [-0.1, -0.05) is 26.8 Å². The number of aromatic carboxylic acids is 1. The van der Waals surface area contributed by atoms with Crippen LogP contribution in [-0.4, -0.2) is 17.0 Å². The summed E-state index contributed by atoms with van der Waals surface area (Å²) in [6.45, 7) is 5.29. The summed E-state index contributed by atoms with van der Waals surface area (Å²) in [6, 6.07) is 4.51. The largest absolute Gasteiger partial charge is 0.478 e. The van der Waals surface area contributed by atoms with E-state index in [2.05, 4.69) is 5.32 Å². The van der Waals surface area contributed by atoms with Crippen LogP contribution in [0.25, 0.3) is 0 Å². The van der Waals surface area contributed by atoms with Crippen molar-refractivity contribution < 1.29 is 14.7 Å². The van der Waals surface area contributed by atoms with E-state index in [0.717, 1.165) is 0 Å². The van der Waals surface area contributed by atoms with Crippen LogP contribution in [0.15, 0.2) is 18.2 Å². The van der Waals surface area contributed by atoms with Crippen molar-refractivity contribution >= 4 is 23.3 Å². The third-order valence-corrected chi connectivity index (χ3v) is 2.27. The van der Waals surface area contributed by atoms with Gasteiger partial charge in [-0.3, -0.25) is 4.79 Å². The molecule has 0 spiro atoms. The summed E-state index contributed by atoms with van der Waals surface area (Å²) < 4.78 is 0. The number of anilines is 2. The molecule has 1 aromatic carbocycles. The molecule has 0 saturated heterocycles. The summed E-state index contributed by atoms with van der Waals surface area (Å²) in [4.78, 5) is 22.6. The average Bonchev–Trinajstić information content (AvgIpc) is 2.19. The zero-order chi connectivity index (χ0) is 13.2. The van der Waals surface area contributed by atoms with Gasteiger partial charge in [0.2, 0.25) is 5.91 Å². The average molecular weight is 236 g/mol. The number of nitrogens with one attached hydrogen (secondary N) is 1. The van der Waals surface area contributed by atoms with Gasteiger partial charge in [-0.2, -0.15) is 0 Å². The molecule has 4 N–H and O–H groups in total. The van der Waals surface area contributed by atoms with Crippen molar-refractivity contribution in [3.8, 4) is 0 Å². The van der Waals surface area contributed by atoms with Crippen LogP contribution in [0.1, 0.15) is 31.1 Å². The second kappa shape index (κ2) is 4.45. The Bertz CT molecular complexity index is 461. The number of hydrogen-bond acceptors (Lipinski definition) is 3. The minimum Gasteiger partial charge on any atom is -0.478 e. The molecular weight excluding hydrogens is 220 g/mol. The molecule has 1 aromatic rings. The summed E-state index contributed by atoms with van der Waals surface area (Å²) in [5.41, 5.74) is 5.49. The van der Waals surface area contributed by atoms with E-state index in [9.17, 15) is 9.59 Å². The molecular formula is C12H16N2O3. The van der Waals surface area contributed by atoms with Crippen molar-refractivity contribution in [3.63, 3.8) is 0 Å². The van der Waals surface area contributed by atoms with Gasteiger partial charge < -0.3 is 16.2 Å². The number of hydrogen-bond donors (Lipinski definition) is 3. The molecule has 0 radical (unpaired) electrons. The molecule has 0 atom stereocenters. The third kappa shape index (κ3) is 2.96. The molecule has 0 aliphatic rings. The van der Waals surface area contributed by atoms with Crippen molar-refractivity contribution in [2.75, 3.05) is 11.1 Å². The van der Waals surface area contributed by atoms with Gasteiger partial charge in [-0.15, -0.1) is 0 Å². The Morgan fingerprint density at radius 1 is 1.29 bits per heavy atom. The molecule has 0 aliphatic carbocycles. The summed E-state index contributed by atoms with van der Waals surface area (Å²) >= 11 is 0. The van der Waals surface area contributed by atoms with E-state index >= 15 is 0 Å². The Morgan fingerprint density at radius 3 is 2.35 bits per heavy atom. The lowest BCUT2D eigenvalue weighted by Gasteiger charge is -2.19. The van der Waals surface area contributed by atoms with Gasteiger partial charge in [0.15, 0.2) is 0 Å². The number of nitrogens with two attached hydrogens (primary N) is 1. The van der Waals surface area contributed by atoms with E-state index in [4.69, 9.17) is 10.8 Å². The first-order valence-corrected chi connectivity index (χ1v) is 5.16. The number of rotatable bonds is 2. The first-order valence-electron chi connectivity index (χ1n) is 5.16. The van der Waals surface area contributed by atoms with Gasteiger partial charge in [0.05, 0.1) is 16.9 Å². The SMILES string of the molecule is CC(C)(C)C(=O)Nc1cccc(C(=O)O)c1N. The maximum absolute atomic E-state index is 11.8. The van der Waals surface area contributed by atoms with Crippen LogP contribution in [-0.2, 0) is 4.79 Å². The van der Waals surface area contributed by atoms with E-state index in [1.165, 1.54) is 12.1 Å². The molecule has 92 valence electrons. The van der Waals surface area contributed by atoms with Crippen LogP contribution in [0.4, 0.5) is 11.4 Å². The number of para-hydroxylation sites is 1. The van der Waals surface area contributed by atoms with Gasteiger partial charge in [-0.05, 0) is 12.1 Å². The number of amides is 1. The van der Waals surface area contributed by atoms with Crippen LogP contribution >= 0.6 is 0 Å². The fourth-order valence-electron chi connectivity index (χ4n) is 1.17. The monoisotopic (exact) mass is 236 g/mol. The Balaban J connectivity index is 3.05. The number of benzene rings is 1. The first kappa shape index (κ1) is 13.0. The molecule has 5 heteroatoms. The Morgan fingerprint density at radius 2 is 1.88 bits per heavy atom. The highest BCUT2D eigenvalue weighted by atomic mass is 16.4.